The summed E-state index contributed by atoms with van der Waals surface area (Å²) in [7, 11) is 1.10. The summed E-state index contributed by atoms with van der Waals surface area (Å²) in [5.74, 6) is -3.18. The Bertz CT molecular complexity index is 1460. The molecule has 3 aromatic rings. The predicted molar refractivity (Wildman–Crippen MR) is 127 cm³/mol. The van der Waals surface area contributed by atoms with E-state index < -0.39 is 59.0 Å². The lowest BCUT2D eigenvalue weighted by Gasteiger charge is -2.20. The number of aromatic nitrogens is 1. The Labute approximate surface area is 214 Å². The number of fused-ring (bicyclic) bond motifs is 1. The van der Waals surface area contributed by atoms with Crippen molar-refractivity contribution in [3.8, 4) is 22.8 Å². The molecule has 6 nitrogen and oxygen atoms in total. The number of carbonyl (C=O) groups excluding carboxylic acids is 1. The average Bonchev–Trinajstić information content (AvgIpc) is 3.29. The molecule has 0 N–H and O–H groups in total. The zero-order chi connectivity index (χ0) is 27.9. The molecule has 1 aromatic heterocycles. The highest BCUT2D eigenvalue weighted by molar-refractivity contribution is 5.77. The summed E-state index contributed by atoms with van der Waals surface area (Å²) < 4.78 is 88.4. The fourth-order valence-electron chi connectivity index (χ4n) is 4.57. The molecule has 11 heteroatoms. The number of ether oxygens (including phenoxy) is 3. The SMILES string of the molecule is COC(=O)C1COc2c(Cc3c(F)cccc3C(F)(F)F)c(C)c(-c3cccc(OC(C)C)c3F)c(=O)n21. The molecule has 0 fully saturated rings. The molecular weight excluding hydrogens is 513 g/mol. The van der Waals surface area contributed by atoms with Crippen molar-refractivity contribution in [2.75, 3.05) is 13.7 Å². The number of hydrogen-bond donors (Lipinski definition) is 0. The number of rotatable bonds is 6. The molecule has 4 rings (SSSR count). The first-order valence-electron chi connectivity index (χ1n) is 11.7. The molecule has 0 bridgehead atoms. The molecule has 0 aliphatic carbocycles. The second-order valence-electron chi connectivity index (χ2n) is 9.03. The number of hydrogen-bond acceptors (Lipinski definition) is 5. The minimum Gasteiger partial charge on any atom is -0.488 e. The number of alkyl halides is 3. The highest BCUT2D eigenvalue weighted by Crippen LogP contribution is 2.40. The predicted octanol–water partition coefficient (Wildman–Crippen LogP) is 5.61. The molecule has 0 radical (unpaired) electrons. The fourth-order valence-corrected chi connectivity index (χ4v) is 4.57. The van der Waals surface area contributed by atoms with Gasteiger partial charge in [-0.1, -0.05) is 18.2 Å². The van der Waals surface area contributed by atoms with E-state index in [0.717, 1.165) is 29.9 Å². The third kappa shape index (κ3) is 4.72. The van der Waals surface area contributed by atoms with Crippen LogP contribution in [0, 0.1) is 18.6 Å². The van der Waals surface area contributed by atoms with E-state index in [2.05, 4.69) is 0 Å². The van der Waals surface area contributed by atoms with Gasteiger partial charge >= 0.3 is 12.1 Å². The minimum atomic E-state index is -4.87. The largest absolute Gasteiger partial charge is 0.488 e. The molecule has 1 aliphatic heterocycles. The monoisotopic (exact) mass is 537 g/mol. The van der Waals surface area contributed by atoms with Crippen LogP contribution in [0.25, 0.3) is 11.1 Å². The van der Waals surface area contributed by atoms with Gasteiger partial charge in [0.05, 0.1) is 24.3 Å². The van der Waals surface area contributed by atoms with Crippen LogP contribution in [0.5, 0.6) is 11.6 Å². The molecule has 0 saturated carbocycles. The minimum absolute atomic E-state index is 0.00353. The summed E-state index contributed by atoms with van der Waals surface area (Å²) in [6.45, 7) is 4.43. The van der Waals surface area contributed by atoms with Gasteiger partial charge in [-0.05, 0) is 44.5 Å². The van der Waals surface area contributed by atoms with Crippen LogP contribution in [0.3, 0.4) is 0 Å². The molecule has 202 valence electrons. The van der Waals surface area contributed by atoms with Gasteiger partial charge in [-0.3, -0.25) is 9.36 Å². The topological polar surface area (TPSA) is 66.8 Å². The summed E-state index contributed by atoms with van der Waals surface area (Å²) in [5, 5.41) is 0. The average molecular weight is 537 g/mol. The van der Waals surface area contributed by atoms with Crippen LogP contribution in [0.1, 0.15) is 42.1 Å². The van der Waals surface area contributed by atoms with Crippen LogP contribution in [0.15, 0.2) is 41.2 Å². The highest BCUT2D eigenvalue weighted by atomic mass is 19.4. The molecule has 0 amide bonds. The van der Waals surface area contributed by atoms with Gasteiger partial charge in [0.2, 0.25) is 5.88 Å². The molecular formula is C27H24F5NO5. The van der Waals surface area contributed by atoms with Gasteiger partial charge in [0.25, 0.3) is 5.56 Å². The Morgan fingerprint density at radius 3 is 2.45 bits per heavy atom. The van der Waals surface area contributed by atoms with Gasteiger partial charge in [0.1, 0.15) is 12.4 Å². The van der Waals surface area contributed by atoms with Crippen LogP contribution in [0.2, 0.25) is 0 Å². The molecule has 0 spiro atoms. The molecule has 2 aromatic carbocycles. The summed E-state index contributed by atoms with van der Waals surface area (Å²) in [6.07, 6.45) is -5.91. The van der Waals surface area contributed by atoms with Crippen LogP contribution < -0.4 is 15.0 Å². The molecule has 1 unspecified atom stereocenters. The van der Waals surface area contributed by atoms with E-state index in [1.165, 1.54) is 25.1 Å². The van der Waals surface area contributed by atoms with E-state index in [-0.39, 0.29) is 40.5 Å². The molecule has 1 aliphatic rings. The molecule has 2 heterocycles. The fraction of sp³-hybridized carbons (Fsp3) is 0.333. The van der Waals surface area contributed by atoms with Gasteiger partial charge in [0, 0.05) is 23.1 Å². The first-order chi connectivity index (χ1) is 17.9. The second-order valence-corrected chi connectivity index (χ2v) is 9.03. The third-order valence-electron chi connectivity index (χ3n) is 6.27. The van der Waals surface area contributed by atoms with Crippen molar-refractivity contribution >= 4 is 5.97 Å². The third-order valence-corrected chi connectivity index (χ3v) is 6.27. The van der Waals surface area contributed by atoms with E-state index in [0.29, 0.717) is 0 Å². The van der Waals surface area contributed by atoms with E-state index in [9.17, 15) is 27.2 Å². The lowest BCUT2D eigenvalue weighted by atomic mass is 9.92. The number of nitrogens with zero attached hydrogens (tertiary/aromatic N) is 1. The van der Waals surface area contributed by atoms with Crippen molar-refractivity contribution in [1.82, 2.24) is 4.57 Å². The Morgan fingerprint density at radius 2 is 1.82 bits per heavy atom. The molecule has 38 heavy (non-hydrogen) atoms. The van der Waals surface area contributed by atoms with Gasteiger partial charge in [0.15, 0.2) is 17.6 Å². The van der Waals surface area contributed by atoms with Crippen molar-refractivity contribution in [1.29, 1.82) is 0 Å². The zero-order valence-corrected chi connectivity index (χ0v) is 20.9. The summed E-state index contributed by atoms with van der Waals surface area (Å²) in [5.41, 5.74) is -3.05. The first kappa shape index (κ1) is 27.2. The van der Waals surface area contributed by atoms with Crippen LogP contribution >= 0.6 is 0 Å². The van der Waals surface area contributed by atoms with Crippen molar-refractivity contribution in [2.24, 2.45) is 0 Å². The van der Waals surface area contributed by atoms with Crippen molar-refractivity contribution in [3.63, 3.8) is 0 Å². The Kier molecular flexibility index (Phi) is 7.22. The standard InChI is InChI=1S/C27H24F5NO5/c1-13(2)38-21-10-5-7-15(23(21)29)22-14(3)16(11-17-18(27(30,31)32)8-6-9-19(17)28)25-33(24(22)34)20(12-37-25)26(35)36-4/h5-10,13,20H,11-12H2,1-4H3. The maximum atomic E-state index is 15.6. The number of methoxy groups -OCH3 is 1. The Morgan fingerprint density at radius 1 is 1.13 bits per heavy atom. The van der Waals surface area contributed by atoms with E-state index in [1.807, 2.05) is 0 Å². The van der Waals surface area contributed by atoms with E-state index in [1.54, 1.807) is 13.8 Å². The zero-order valence-electron chi connectivity index (χ0n) is 20.9. The van der Waals surface area contributed by atoms with Gasteiger partial charge in [-0.15, -0.1) is 0 Å². The number of benzene rings is 2. The van der Waals surface area contributed by atoms with Crippen LogP contribution in [0.4, 0.5) is 22.0 Å². The normalized spacial score (nSPS) is 14.8. The van der Waals surface area contributed by atoms with Gasteiger partial charge < -0.3 is 14.2 Å². The number of pyridine rings is 1. The van der Waals surface area contributed by atoms with Crippen molar-refractivity contribution in [3.05, 3.63) is 80.6 Å². The maximum Gasteiger partial charge on any atom is 0.416 e. The number of esters is 1. The summed E-state index contributed by atoms with van der Waals surface area (Å²) in [6, 6.07) is 5.45. The second kappa shape index (κ2) is 10.1. The maximum absolute atomic E-state index is 15.6. The van der Waals surface area contributed by atoms with Crippen LogP contribution in [-0.4, -0.2) is 30.4 Å². The van der Waals surface area contributed by atoms with E-state index in [4.69, 9.17) is 14.2 Å². The van der Waals surface area contributed by atoms with Crippen molar-refractivity contribution in [2.45, 2.75) is 45.5 Å². The van der Waals surface area contributed by atoms with E-state index >= 15 is 4.39 Å². The highest BCUT2D eigenvalue weighted by Gasteiger charge is 2.39. The lowest BCUT2D eigenvalue weighted by Crippen LogP contribution is -2.31. The smallest absolute Gasteiger partial charge is 0.416 e. The number of carbonyl (C=O) groups is 1. The van der Waals surface area contributed by atoms with Crippen molar-refractivity contribution < 1.29 is 41.0 Å². The summed E-state index contributed by atoms with van der Waals surface area (Å²) >= 11 is 0. The Hall–Kier alpha value is -3.89. The molecule has 1 atom stereocenters. The number of halogens is 5. The molecule has 0 saturated heterocycles. The van der Waals surface area contributed by atoms with Gasteiger partial charge in [-0.2, -0.15) is 13.2 Å². The lowest BCUT2D eigenvalue weighted by molar-refractivity contribution is -0.144. The van der Waals surface area contributed by atoms with Crippen LogP contribution in [-0.2, 0) is 22.1 Å². The van der Waals surface area contributed by atoms with Gasteiger partial charge in [-0.25, -0.2) is 13.6 Å². The summed E-state index contributed by atoms with van der Waals surface area (Å²) in [4.78, 5) is 26.2. The Balaban J connectivity index is 2.03. The first-order valence-corrected chi connectivity index (χ1v) is 11.7. The quantitative estimate of drug-likeness (QED) is 0.302.